The van der Waals surface area contributed by atoms with Gasteiger partial charge in [0.1, 0.15) is 0 Å². The van der Waals surface area contributed by atoms with Crippen molar-refractivity contribution in [3.05, 3.63) is 71.3 Å². The van der Waals surface area contributed by atoms with Gasteiger partial charge in [-0.1, -0.05) is 66.7 Å². The van der Waals surface area contributed by atoms with E-state index < -0.39 is 0 Å². The first-order valence-corrected chi connectivity index (χ1v) is 5.64. The van der Waals surface area contributed by atoms with Crippen molar-refractivity contribution < 1.29 is 0 Å². The summed E-state index contributed by atoms with van der Waals surface area (Å²) in [7, 11) is 1.78. The third kappa shape index (κ3) is 3.42. The van der Waals surface area contributed by atoms with Gasteiger partial charge >= 0.3 is 0 Å². The van der Waals surface area contributed by atoms with Crippen LogP contribution in [0.4, 0.5) is 0 Å². The first kappa shape index (κ1) is 11.3. The molecule has 1 heteroatoms. The van der Waals surface area contributed by atoms with Crippen molar-refractivity contribution in [2.24, 2.45) is 4.99 Å². The van der Waals surface area contributed by atoms with Gasteiger partial charge in [0.15, 0.2) is 0 Å². The molecule has 0 saturated carbocycles. The Bertz CT molecular complexity index is 507. The van der Waals surface area contributed by atoms with Gasteiger partial charge in [0.25, 0.3) is 0 Å². The molecule has 0 aromatic heterocycles. The molecule has 0 spiro atoms. The molecule has 0 radical (unpaired) electrons. The van der Waals surface area contributed by atoms with Crippen LogP contribution in [-0.2, 0) is 0 Å². The molecule has 0 fully saturated rings. The minimum Gasteiger partial charge on any atom is -0.296 e. The SMILES string of the molecule is CN=Cc1ccc(/C=C/c2ccccc2)cc1. The van der Waals surface area contributed by atoms with Gasteiger partial charge in [0.2, 0.25) is 0 Å². The zero-order valence-corrected chi connectivity index (χ0v) is 9.88. The summed E-state index contributed by atoms with van der Waals surface area (Å²) in [5.41, 5.74) is 3.54. The average Bonchev–Trinajstić information content (AvgIpc) is 2.40. The van der Waals surface area contributed by atoms with Crippen LogP contribution < -0.4 is 0 Å². The summed E-state index contributed by atoms with van der Waals surface area (Å²) >= 11 is 0. The Hall–Kier alpha value is -2.15. The van der Waals surface area contributed by atoms with Crippen molar-refractivity contribution in [2.45, 2.75) is 0 Å². The van der Waals surface area contributed by atoms with Crippen LogP contribution in [0.15, 0.2) is 59.6 Å². The minimum absolute atomic E-state index is 1.13. The molecule has 17 heavy (non-hydrogen) atoms. The normalized spacial score (nSPS) is 11.4. The van der Waals surface area contributed by atoms with Crippen LogP contribution >= 0.6 is 0 Å². The Morgan fingerprint density at radius 2 is 1.24 bits per heavy atom. The molecule has 0 aliphatic rings. The fourth-order valence-corrected chi connectivity index (χ4v) is 1.60. The van der Waals surface area contributed by atoms with E-state index in [-0.39, 0.29) is 0 Å². The number of nitrogens with zero attached hydrogens (tertiary/aromatic N) is 1. The summed E-state index contributed by atoms with van der Waals surface area (Å²) in [6, 6.07) is 18.6. The van der Waals surface area contributed by atoms with Crippen LogP contribution in [0, 0.1) is 0 Å². The van der Waals surface area contributed by atoms with Gasteiger partial charge in [-0.15, -0.1) is 0 Å². The second-order valence-electron chi connectivity index (χ2n) is 3.80. The molecule has 0 aliphatic heterocycles. The summed E-state index contributed by atoms with van der Waals surface area (Å²) in [6.07, 6.45) is 6.08. The zero-order chi connectivity index (χ0) is 11.9. The molecule has 0 atom stereocenters. The number of hydrogen-bond acceptors (Lipinski definition) is 1. The highest BCUT2D eigenvalue weighted by Gasteiger charge is 1.89. The lowest BCUT2D eigenvalue weighted by atomic mass is 10.1. The Balaban J connectivity index is 2.11. The molecule has 0 bridgehead atoms. The molecule has 0 saturated heterocycles. The topological polar surface area (TPSA) is 12.4 Å². The van der Waals surface area contributed by atoms with E-state index in [2.05, 4.69) is 53.5 Å². The predicted octanol–water partition coefficient (Wildman–Crippen LogP) is 3.91. The monoisotopic (exact) mass is 221 g/mol. The molecule has 0 aliphatic carbocycles. The van der Waals surface area contributed by atoms with E-state index in [0.29, 0.717) is 0 Å². The quantitative estimate of drug-likeness (QED) is 0.550. The number of rotatable bonds is 3. The molecule has 0 amide bonds. The zero-order valence-electron chi connectivity index (χ0n) is 9.88. The molecule has 0 heterocycles. The summed E-state index contributed by atoms with van der Waals surface area (Å²) in [4.78, 5) is 3.99. The van der Waals surface area contributed by atoms with Crippen molar-refractivity contribution in [3.63, 3.8) is 0 Å². The molecule has 0 N–H and O–H groups in total. The van der Waals surface area contributed by atoms with Gasteiger partial charge in [-0.3, -0.25) is 4.99 Å². The minimum atomic E-state index is 1.13. The highest BCUT2D eigenvalue weighted by Crippen LogP contribution is 2.08. The highest BCUT2D eigenvalue weighted by atomic mass is 14.6. The molecule has 2 aromatic rings. The maximum Gasteiger partial charge on any atom is 0.0281 e. The van der Waals surface area contributed by atoms with Gasteiger partial charge in [-0.2, -0.15) is 0 Å². The summed E-state index contributed by atoms with van der Waals surface area (Å²) < 4.78 is 0. The van der Waals surface area contributed by atoms with Crippen molar-refractivity contribution in [1.82, 2.24) is 0 Å². The van der Waals surface area contributed by atoms with E-state index >= 15 is 0 Å². The van der Waals surface area contributed by atoms with Crippen LogP contribution in [-0.4, -0.2) is 13.3 Å². The Morgan fingerprint density at radius 1 is 0.706 bits per heavy atom. The van der Waals surface area contributed by atoms with Crippen LogP contribution in [0.3, 0.4) is 0 Å². The number of hydrogen-bond donors (Lipinski definition) is 0. The van der Waals surface area contributed by atoms with E-state index in [1.54, 1.807) is 7.05 Å². The smallest absolute Gasteiger partial charge is 0.0281 e. The van der Waals surface area contributed by atoms with Crippen LogP contribution in [0.1, 0.15) is 16.7 Å². The lowest BCUT2D eigenvalue weighted by Crippen LogP contribution is -1.80. The average molecular weight is 221 g/mol. The first-order valence-electron chi connectivity index (χ1n) is 5.64. The lowest BCUT2D eigenvalue weighted by Gasteiger charge is -1.96. The van der Waals surface area contributed by atoms with Gasteiger partial charge < -0.3 is 0 Å². The first-order chi connectivity index (χ1) is 8.38. The Morgan fingerprint density at radius 3 is 1.82 bits per heavy atom. The van der Waals surface area contributed by atoms with Gasteiger partial charge in [-0.05, 0) is 16.7 Å². The molecular formula is C16H15N. The van der Waals surface area contributed by atoms with Crippen molar-refractivity contribution in [2.75, 3.05) is 7.05 Å². The highest BCUT2D eigenvalue weighted by molar-refractivity contribution is 5.80. The molecule has 1 nitrogen and oxygen atoms in total. The van der Waals surface area contributed by atoms with E-state index in [4.69, 9.17) is 0 Å². The van der Waals surface area contributed by atoms with Gasteiger partial charge in [-0.25, -0.2) is 0 Å². The molecule has 84 valence electrons. The van der Waals surface area contributed by atoms with Crippen LogP contribution in [0.5, 0.6) is 0 Å². The van der Waals surface area contributed by atoms with Gasteiger partial charge in [0, 0.05) is 13.3 Å². The van der Waals surface area contributed by atoms with Crippen molar-refractivity contribution >= 4 is 18.4 Å². The van der Waals surface area contributed by atoms with E-state index in [9.17, 15) is 0 Å². The number of aliphatic imine (C=N–C) groups is 1. The summed E-state index contributed by atoms with van der Waals surface area (Å²) in [5.74, 6) is 0. The Labute approximate surface area is 102 Å². The van der Waals surface area contributed by atoms with Crippen molar-refractivity contribution in [3.8, 4) is 0 Å². The second-order valence-corrected chi connectivity index (χ2v) is 3.80. The maximum absolute atomic E-state index is 3.99. The fraction of sp³-hybridized carbons (Fsp3) is 0.0625. The second kappa shape index (κ2) is 5.80. The Kier molecular flexibility index (Phi) is 3.87. The van der Waals surface area contributed by atoms with E-state index in [1.807, 2.05) is 24.4 Å². The third-order valence-corrected chi connectivity index (χ3v) is 2.48. The summed E-state index contributed by atoms with van der Waals surface area (Å²) in [5, 5.41) is 0. The summed E-state index contributed by atoms with van der Waals surface area (Å²) in [6.45, 7) is 0. The predicted molar refractivity (Wildman–Crippen MR) is 75.3 cm³/mol. The van der Waals surface area contributed by atoms with E-state index in [1.165, 1.54) is 11.1 Å². The largest absolute Gasteiger partial charge is 0.296 e. The van der Waals surface area contributed by atoms with Gasteiger partial charge in [0.05, 0.1) is 0 Å². The van der Waals surface area contributed by atoms with Crippen molar-refractivity contribution in [1.29, 1.82) is 0 Å². The maximum atomic E-state index is 3.99. The standard InChI is InChI=1S/C16H15N/c1-17-13-16-11-9-15(10-12-16)8-7-14-5-3-2-4-6-14/h2-13H,1H3/b8-7+,17-13?. The van der Waals surface area contributed by atoms with Crippen LogP contribution in [0.25, 0.3) is 12.2 Å². The lowest BCUT2D eigenvalue weighted by molar-refractivity contribution is 1.46. The van der Waals surface area contributed by atoms with Crippen LogP contribution in [0.2, 0.25) is 0 Å². The molecule has 2 aromatic carbocycles. The fourth-order valence-electron chi connectivity index (χ4n) is 1.60. The molecule has 0 unspecified atom stereocenters. The number of benzene rings is 2. The third-order valence-electron chi connectivity index (χ3n) is 2.48. The van der Waals surface area contributed by atoms with E-state index in [0.717, 1.165) is 5.56 Å². The molecule has 2 rings (SSSR count). The molecular weight excluding hydrogens is 206 g/mol.